The first-order valence-corrected chi connectivity index (χ1v) is 7.57. The van der Waals surface area contributed by atoms with Crippen molar-refractivity contribution in [3.63, 3.8) is 0 Å². The van der Waals surface area contributed by atoms with E-state index >= 15 is 0 Å². The van der Waals surface area contributed by atoms with Crippen LogP contribution in [0.15, 0.2) is 20.1 Å². The number of aliphatic hydroxyl groups excluding tert-OH is 1. The molecule has 0 bridgehead atoms. The Morgan fingerprint density at radius 1 is 1.47 bits per heavy atom. The first kappa shape index (κ1) is 15.0. The number of thiophene rings is 1. The quantitative estimate of drug-likeness (QED) is 0.851. The van der Waals surface area contributed by atoms with E-state index in [4.69, 9.17) is 5.11 Å². The molecular formula is C8H10BrF2NO3S2. The number of halogens is 3. The van der Waals surface area contributed by atoms with Crippen molar-refractivity contribution >= 4 is 37.3 Å². The van der Waals surface area contributed by atoms with Crippen LogP contribution in [0.1, 0.15) is 0 Å². The van der Waals surface area contributed by atoms with Crippen molar-refractivity contribution in [3.05, 3.63) is 15.9 Å². The van der Waals surface area contributed by atoms with Gasteiger partial charge in [0.15, 0.2) is 0 Å². The molecule has 0 aromatic carbocycles. The molecule has 0 spiro atoms. The van der Waals surface area contributed by atoms with Crippen LogP contribution in [0.25, 0.3) is 0 Å². The number of hydrogen-bond donors (Lipinski definition) is 1. The molecule has 0 unspecified atom stereocenters. The fourth-order valence-corrected chi connectivity index (χ4v) is 4.71. The lowest BCUT2D eigenvalue weighted by Gasteiger charge is -2.19. The van der Waals surface area contributed by atoms with Crippen LogP contribution in [0, 0.1) is 0 Å². The lowest BCUT2D eigenvalue weighted by molar-refractivity contribution is 0.113. The number of aliphatic hydroxyl groups is 1. The van der Waals surface area contributed by atoms with Crippen LogP contribution in [-0.4, -0.2) is 44.0 Å². The molecule has 1 rings (SSSR count). The van der Waals surface area contributed by atoms with Gasteiger partial charge in [0, 0.05) is 6.54 Å². The van der Waals surface area contributed by atoms with Crippen LogP contribution in [0.3, 0.4) is 0 Å². The predicted molar refractivity (Wildman–Crippen MR) is 63.9 cm³/mol. The molecular weight excluding hydrogens is 340 g/mol. The van der Waals surface area contributed by atoms with Crippen LogP contribution in [-0.2, 0) is 10.0 Å². The second kappa shape index (κ2) is 6.19. The van der Waals surface area contributed by atoms with E-state index in [0.29, 0.717) is 8.09 Å². The molecule has 1 N–H and O–H groups in total. The highest BCUT2D eigenvalue weighted by molar-refractivity contribution is 9.11. The normalized spacial score (nSPS) is 12.6. The molecule has 0 amide bonds. The minimum absolute atomic E-state index is 0.0292. The molecule has 0 aliphatic carbocycles. The summed E-state index contributed by atoms with van der Waals surface area (Å²) in [5.41, 5.74) is 0. The maximum absolute atomic E-state index is 12.3. The van der Waals surface area contributed by atoms with Gasteiger partial charge >= 0.3 is 0 Å². The van der Waals surface area contributed by atoms with Gasteiger partial charge < -0.3 is 5.11 Å². The Labute approximate surface area is 110 Å². The van der Waals surface area contributed by atoms with Crippen molar-refractivity contribution in [2.24, 2.45) is 0 Å². The summed E-state index contributed by atoms with van der Waals surface area (Å²) < 4.78 is 49.6. The van der Waals surface area contributed by atoms with Gasteiger partial charge in [0.05, 0.1) is 16.9 Å². The SMILES string of the molecule is O=S(=O)(c1ccc(Br)s1)N(CCO)CC(F)F. The van der Waals surface area contributed by atoms with E-state index in [2.05, 4.69) is 15.9 Å². The molecule has 0 radical (unpaired) electrons. The molecule has 0 saturated heterocycles. The molecule has 9 heteroatoms. The van der Waals surface area contributed by atoms with E-state index in [1.807, 2.05) is 0 Å². The predicted octanol–water partition coefficient (Wildman–Crippen LogP) is 1.76. The Hall–Kier alpha value is -0.0900. The second-order valence-corrected chi connectivity index (χ2v) is 7.66. The summed E-state index contributed by atoms with van der Waals surface area (Å²) in [4.78, 5) is 0. The van der Waals surface area contributed by atoms with Crippen LogP contribution < -0.4 is 0 Å². The highest BCUT2D eigenvalue weighted by atomic mass is 79.9. The largest absolute Gasteiger partial charge is 0.395 e. The van der Waals surface area contributed by atoms with E-state index in [0.717, 1.165) is 11.3 Å². The zero-order valence-electron chi connectivity index (χ0n) is 8.51. The summed E-state index contributed by atoms with van der Waals surface area (Å²) >= 11 is 4.04. The van der Waals surface area contributed by atoms with Crippen molar-refractivity contribution in [1.82, 2.24) is 4.31 Å². The number of alkyl halides is 2. The number of sulfonamides is 1. The maximum Gasteiger partial charge on any atom is 0.252 e. The van der Waals surface area contributed by atoms with E-state index in [1.54, 1.807) is 0 Å². The van der Waals surface area contributed by atoms with Crippen molar-refractivity contribution in [3.8, 4) is 0 Å². The lowest BCUT2D eigenvalue weighted by atomic mass is 10.6. The van der Waals surface area contributed by atoms with Crippen molar-refractivity contribution < 1.29 is 22.3 Å². The molecule has 1 heterocycles. The third kappa shape index (κ3) is 3.95. The Morgan fingerprint density at radius 3 is 2.53 bits per heavy atom. The standard InChI is InChI=1S/C8H10BrF2NO3S2/c9-6-1-2-8(16-6)17(14,15)12(3-4-13)5-7(10)11/h1-2,7,13H,3-5H2. The van der Waals surface area contributed by atoms with Crippen molar-refractivity contribution in [1.29, 1.82) is 0 Å². The molecule has 0 aliphatic heterocycles. The first-order valence-electron chi connectivity index (χ1n) is 4.52. The Morgan fingerprint density at radius 2 is 2.12 bits per heavy atom. The third-order valence-corrected chi connectivity index (χ3v) is 5.79. The van der Waals surface area contributed by atoms with Crippen molar-refractivity contribution in [2.75, 3.05) is 19.7 Å². The third-order valence-electron chi connectivity index (χ3n) is 1.83. The molecule has 0 fully saturated rings. The summed E-state index contributed by atoms with van der Waals surface area (Å²) in [7, 11) is -3.96. The zero-order chi connectivity index (χ0) is 13.1. The molecule has 1 aromatic rings. The lowest BCUT2D eigenvalue weighted by Crippen LogP contribution is -2.36. The highest BCUT2D eigenvalue weighted by Crippen LogP contribution is 2.28. The van der Waals surface area contributed by atoms with Gasteiger partial charge in [-0.05, 0) is 28.1 Å². The summed E-state index contributed by atoms with van der Waals surface area (Å²) in [5, 5.41) is 8.71. The summed E-state index contributed by atoms with van der Waals surface area (Å²) in [6, 6.07) is 2.86. The smallest absolute Gasteiger partial charge is 0.252 e. The molecule has 1 aromatic heterocycles. The average Bonchev–Trinajstić information content (AvgIpc) is 2.64. The summed E-state index contributed by atoms with van der Waals surface area (Å²) in [5.74, 6) is 0. The van der Waals surface area contributed by atoms with E-state index in [-0.39, 0.29) is 10.8 Å². The fraction of sp³-hybridized carbons (Fsp3) is 0.500. The minimum atomic E-state index is -3.96. The molecule has 98 valence electrons. The average molecular weight is 350 g/mol. The molecule has 17 heavy (non-hydrogen) atoms. The fourth-order valence-electron chi connectivity index (χ4n) is 1.14. The van der Waals surface area contributed by atoms with Gasteiger partial charge in [0.1, 0.15) is 4.21 Å². The highest BCUT2D eigenvalue weighted by Gasteiger charge is 2.28. The van der Waals surface area contributed by atoms with E-state index < -0.39 is 29.6 Å². The van der Waals surface area contributed by atoms with Gasteiger partial charge in [-0.15, -0.1) is 11.3 Å². The second-order valence-electron chi connectivity index (χ2n) is 3.04. The van der Waals surface area contributed by atoms with E-state index in [9.17, 15) is 17.2 Å². The van der Waals surface area contributed by atoms with Gasteiger partial charge in [0.25, 0.3) is 16.4 Å². The van der Waals surface area contributed by atoms with Crippen LogP contribution >= 0.6 is 27.3 Å². The zero-order valence-corrected chi connectivity index (χ0v) is 11.7. The van der Waals surface area contributed by atoms with Crippen LogP contribution in [0.2, 0.25) is 0 Å². The first-order chi connectivity index (χ1) is 7.87. The molecule has 0 saturated carbocycles. The topological polar surface area (TPSA) is 57.6 Å². The van der Waals surface area contributed by atoms with Gasteiger partial charge in [0.2, 0.25) is 0 Å². The van der Waals surface area contributed by atoms with Crippen molar-refractivity contribution in [2.45, 2.75) is 10.6 Å². The maximum atomic E-state index is 12.3. The Kier molecular flexibility index (Phi) is 5.45. The molecule has 4 nitrogen and oxygen atoms in total. The number of nitrogens with zero attached hydrogens (tertiary/aromatic N) is 1. The summed E-state index contributed by atoms with van der Waals surface area (Å²) in [6.45, 7) is -1.76. The van der Waals surface area contributed by atoms with Gasteiger partial charge in [-0.1, -0.05) is 0 Å². The Balaban J connectivity index is 2.99. The van der Waals surface area contributed by atoms with Gasteiger partial charge in [-0.3, -0.25) is 0 Å². The van der Waals surface area contributed by atoms with E-state index in [1.165, 1.54) is 12.1 Å². The number of rotatable bonds is 6. The molecule has 0 aliphatic rings. The van der Waals surface area contributed by atoms with Crippen LogP contribution in [0.4, 0.5) is 8.78 Å². The Bertz CT molecular complexity index is 463. The minimum Gasteiger partial charge on any atom is -0.395 e. The summed E-state index contributed by atoms with van der Waals surface area (Å²) in [6.07, 6.45) is -2.78. The van der Waals surface area contributed by atoms with Crippen LogP contribution in [0.5, 0.6) is 0 Å². The van der Waals surface area contributed by atoms with Gasteiger partial charge in [-0.2, -0.15) is 4.31 Å². The molecule has 0 atom stereocenters. The monoisotopic (exact) mass is 349 g/mol. The van der Waals surface area contributed by atoms with Gasteiger partial charge in [-0.25, -0.2) is 17.2 Å². The number of hydrogen-bond acceptors (Lipinski definition) is 4.